The topological polar surface area (TPSA) is 32.6 Å². The third-order valence-corrected chi connectivity index (χ3v) is 1.88. The lowest BCUT2D eigenvalue weighted by atomic mass is 10.1. The van der Waals surface area contributed by atoms with Gasteiger partial charge in [-0.3, -0.25) is 4.99 Å². The quantitative estimate of drug-likeness (QED) is 0.632. The Morgan fingerprint density at radius 1 is 1.42 bits per heavy atom. The Hall–Kier alpha value is -1.31. The Labute approximate surface area is 72.6 Å². The van der Waals surface area contributed by atoms with E-state index < -0.39 is 0 Å². The van der Waals surface area contributed by atoms with E-state index in [4.69, 9.17) is 0 Å². The van der Waals surface area contributed by atoms with Crippen LogP contribution in [0.25, 0.3) is 0 Å². The maximum atomic E-state index is 9.46. The van der Waals surface area contributed by atoms with Crippen molar-refractivity contribution in [1.82, 2.24) is 0 Å². The molecule has 0 spiro atoms. The fourth-order valence-corrected chi connectivity index (χ4v) is 1.06. The van der Waals surface area contributed by atoms with E-state index in [-0.39, 0.29) is 0 Å². The summed E-state index contributed by atoms with van der Waals surface area (Å²) in [5, 5.41) is 9.46. The Morgan fingerprint density at radius 2 is 2.08 bits per heavy atom. The predicted octanol–water partition coefficient (Wildman–Crippen LogP) is 2.14. The Bertz CT molecular complexity index is 316. The minimum absolute atomic E-state index is 0.295. The third-order valence-electron chi connectivity index (χ3n) is 1.88. The molecule has 64 valence electrons. The van der Waals surface area contributed by atoms with Gasteiger partial charge in [-0.1, -0.05) is 11.6 Å². The summed E-state index contributed by atoms with van der Waals surface area (Å²) in [4.78, 5) is 4.02. The van der Waals surface area contributed by atoms with E-state index in [1.165, 1.54) is 0 Å². The minimum atomic E-state index is 0.295. The summed E-state index contributed by atoms with van der Waals surface area (Å²) in [6.07, 6.45) is 0. The van der Waals surface area contributed by atoms with E-state index >= 15 is 0 Å². The van der Waals surface area contributed by atoms with Gasteiger partial charge >= 0.3 is 0 Å². The van der Waals surface area contributed by atoms with Gasteiger partial charge < -0.3 is 5.11 Å². The zero-order chi connectivity index (χ0) is 9.14. The molecule has 0 bridgehead atoms. The average molecular weight is 163 g/mol. The SMILES string of the molecule is CN=C(C)c1cc(C)ccc1O. The van der Waals surface area contributed by atoms with Gasteiger partial charge in [0.25, 0.3) is 0 Å². The second kappa shape index (κ2) is 3.39. The van der Waals surface area contributed by atoms with Crippen molar-refractivity contribution in [3.63, 3.8) is 0 Å². The summed E-state index contributed by atoms with van der Waals surface area (Å²) in [7, 11) is 1.72. The summed E-state index contributed by atoms with van der Waals surface area (Å²) in [5.74, 6) is 0.295. The van der Waals surface area contributed by atoms with E-state index in [9.17, 15) is 5.11 Å². The highest BCUT2D eigenvalue weighted by Gasteiger charge is 2.02. The number of hydrogen-bond acceptors (Lipinski definition) is 2. The van der Waals surface area contributed by atoms with Crippen LogP contribution >= 0.6 is 0 Å². The molecule has 12 heavy (non-hydrogen) atoms. The molecular formula is C10H13NO. The summed E-state index contributed by atoms with van der Waals surface area (Å²) in [6, 6.07) is 5.50. The standard InChI is InChI=1S/C10H13NO/c1-7-4-5-10(12)9(6-7)8(2)11-3/h4-6,12H,1-3H3. The van der Waals surface area contributed by atoms with E-state index in [1.54, 1.807) is 13.1 Å². The summed E-state index contributed by atoms with van der Waals surface area (Å²) >= 11 is 0. The number of aromatic hydroxyl groups is 1. The van der Waals surface area contributed by atoms with Crippen LogP contribution in [0.15, 0.2) is 23.2 Å². The van der Waals surface area contributed by atoms with Crippen molar-refractivity contribution < 1.29 is 5.11 Å². The number of benzene rings is 1. The van der Waals surface area contributed by atoms with Crippen LogP contribution in [0.4, 0.5) is 0 Å². The average Bonchev–Trinajstić information content (AvgIpc) is 2.08. The van der Waals surface area contributed by atoms with Crippen LogP contribution in [0.3, 0.4) is 0 Å². The van der Waals surface area contributed by atoms with Gasteiger partial charge in [-0.25, -0.2) is 0 Å². The molecule has 0 aliphatic carbocycles. The van der Waals surface area contributed by atoms with Crippen molar-refractivity contribution in [3.8, 4) is 5.75 Å². The van der Waals surface area contributed by atoms with Crippen molar-refractivity contribution in [1.29, 1.82) is 0 Å². The molecule has 0 amide bonds. The van der Waals surface area contributed by atoms with Gasteiger partial charge in [-0.2, -0.15) is 0 Å². The van der Waals surface area contributed by atoms with E-state index in [2.05, 4.69) is 4.99 Å². The van der Waals surface area contributed by atoms with Gasteiger partial charge in [0.1, 0.15) is 5.75 Å². The van der Waals surface area contributed by atoms with Crippen LogP contribution in [-0.2, 0) is 0 Å². The maximum absolute atomic E-state index is 9.46. The number of rotatable bonds is 1. The molecule has 0 radical (unpaired) electrons. The molecular weight excluding hydrogens is 150 g/mol. The molecule has 0 unspecified atom stereocenters. The number of aliphatic imine (C=N–C) groups is 1. The largest absolute Gasteiger partial charge is 0.507 e. The second-order valence-electron chi connectivity index (χ2n) is 2.83. The number of aryl methyl sites for hydroxylation is 1. The summed E-state index contributed by atoms with van der Waals surface area (Å²) in [6.45, 7) is 3.88. The smallest absolute Gasteiger partial charge is 0.124 e. The van der Waals surface area contributed by atoms with Crippen LogP contribution in [0, 0.1) is 6.92 Å². The first-order valence-corrected chi connectivity index (χ1v) is 3.88. The fraction of sp³-hybridized carbons (Fsp3) is 0.300. The van der Waals surface area contributed by atoms with Crippen molar-refractivity contribution >= 4 is 5.71 Å². The van der Waals surface area contributed by atoms with Gasteiger partial charge in [-0.05, 0) is 26.0 Å². The van der Waals surface area contributed by atoms with Crippen LogP contribution in [0.2, 0.25) is 0 Å². The first kappa shape index (κ1) is 8.78. The zero-order valence-corrected chi connectivity index (χ0v) is 7.63. The lowest BCUT2D eigenvalue weighted by molar-refractivity contribution is 0.474. The van der Waals surface area contributed by atoms with Gasteiger partial charge in [0, 0.05) is 18.3 Å². The molecule has 0 heterocycles. The number of nitrogens with zero attached hydrogens (tertiary/aromatic N) is 1. The van der Waals surface area contributed by atoms with Gasteiger partial charge in [-0.15, -0.1) is 0 Å². The molecule has 2 heteroatoms. The van der Waals surface area contributed by atoms with Crippen LogP contribution < -0.4 is 0 Å². The molecule has 1 aromatic rings. The molecule has 0 aliphatic rings. The Kier molecular flexibility index (Phi) is 2.48. The number of phenolic OH excluding ortho intramolecular Hbond substituents is 1. The Balaban J connectivity index is 3.23. The van der Waals surface area contributed by atoms with Gasteiger partial charge in [0.15, 0.2) is 0 Å². The molecule has 0 fully saturated rings. The fourth-order valence-electron chi connectivity index (χ4n) is 1.06. The molecule has 1 aromatic carbocycles. The normalized spacial score (nSPS) is 11.8. The molecule has 1 N–H and O–H groups in total. The maximum Gasteiger partial charge on any atom is 0.124 e. The molecule has 0 saturated carbocycles. The highest BCUT2D eigenvalue weighted by molar-refractivity contribution is 6.01. The molecule has 0 aromatic heterocycles. The highest BCUT2D eigenvalue weighted by atomic mass is 16.3. The van der Waals surface area contributed by atoms with Gasteiger partial charge in [0.05, 0.1) is 0 Å². The first-order valence-electron chi connectivity index (χ1n) is 3.88. The molecule has 1 rings (SSSR count). The molecule has 0 saturated heterocycles. The minimum Gasteiger partial charge on any atom is -0.507 e. The van der Waals surface area contributed by atoms with Gasteiger partial charge in [0.2, 0.25) is 0 Å². The Morgan fingerprint density at radius 3 is 2.67 bits per heavy atom. The summed E-state index contributed by atoms with van der Waals surface area (Å²) < 4.78 is 0. The highest BCUT2D eigenvalue weighted by Crippen LogP contribution is 2.18. The lowest BCUT2D eigenvalue weighted by Crippen LogP contribution is -1.95. The van der Waals surface area contributed by atoms with Crippen molar-refractivity contribution in [2.75, 3.05) is 7.05 Å². The van der Waals surface area contributed by atoms with E-state index in [0.717, 1.165) is 16.8 Å². The van der Waals surface area contributed by atoms with Crippen molar-refractivity contribution in [2.45, 2.75) is 13.8 Å². The van der Waals surface area contributed by atoms with E-state index in [0.29, 0.717) is 5.75 Å². The molecule has 0 aliphatic heterocycles. The van der Waals surface area contributed by atoms with Crippen molar-refractivity contribution in [3.05, 3.63) is 29.3 Å². The predicted molar refractivity (Wildman–Crippen MR) is 51.0 cm³/mol. The zero-order valence-electron chi connectivity index (χ0n) is 7.63. The monoisotopic (exact) mass is 163 g/mol. The van der Waals surface area contributed by atoms with Crippen LogP contribution in [-0.4, -0.2) is 17.9 Å². The second-order valence-corrected chi connectivity index (χ2v) is 2.83. The summed E-state index contributed by atoms with van der Waals surface area (Å²) in [5.41, 5.74) is 2.81. The molecule has 2 nitrogen and oxygen atoms in total. The first-order chi connectivity index (χ1) is 5.65. The molecule has 0 atom stereocenters. The van der Waals surface area contributed by atoms with Crippen LogP contribution in [0.1, 0.15) is 18.1 Å². The van der Waals surface area contributed by atoms with Crippen LogP contribution in [0.5, 0.6) is 5.75 Å². The third kappa shape index (κ3) is 1.64. The number of hydrogen-bond donors (Lipinski definition) is 1. The number of phenols is 1. The lowest BCUT2D eigenvalue weighted by Gasteiger charge is -2.03. The van der Waals surface area contributed by atoms with E-state index in [1.807, 2.05) is 26.0 Å². The van der Waals surface area contributed by atoms with Crippen molar-refractivity contribution in [2.24, 2.45) is 4.99 Å².